The van der Waals surface area contributed by atoms with Crippen LogP contribution in [0.3, 0.4) is 0 Å². The third kappa shape index (κ3) is 3.42. The lowest BCUT2D eigenvalue weighted by molar-refractivity contribution is 0.500. The molecule has 0 heterocycles. The molecule has 20 heavy (non-hydrogen) atoms. The molecule has 0 spiro atoms. The van der Waals surface area contributed by atoms with Crippen molar-refractivity contribution in [2.45, 2.75) is 19.4 Å². The molecule has 3 N–H and O–H groups in total. The molecular formula is C15H15BrF2N2. The number of rotatable bonds is 4. The summed E-state index contributed by atoms with van der Waals surface area (Å²) in [7, 11) is 0. The summed E-state index contributed by atoms with van der Waals surface area (Å²) >= 11 is 3.39. The molecule has 1 unspecified atom stereocenters. The maximum atomic E-state index is 13.9. The zero-order valence-corrected chi connectivity index (χ0v) is 12.5. The first kappa shape index (κ1) is 15.1. The number of aryl methyl sites for hydroxylation is 1. The van der Waals surface area contributed by atoms with Crippen molar-refractivity contribution in [1.82, 2.24) is 5.43 Å². The first-order valence-electron chi connectivity index (χ1n) is 6.17. The fourth-order valence-electron chi connectivity index (χ4n) is 2.10. The molecular weight excluding hydrogens is 326 g/mol. The maximum Gasteiger partial charge on any atom is 0.130 e. The third-order valence-corrected chi connectivity index (χ3v) is 3.68. The molecule has 0 aliphatic heterocycles. The molecule has 0 aromatic heterocycles. The number of nitrogens with one attached hydrogen (secondary N) is 1. The standard InChI is InChI=1S/C15H15BrF2N2/c1-9-5-12(14(18)8-13(9)17)15(20-19)7-10-3-2-4-11(16)6-10/h2-6,8,15,20H,7,19H2,1H3. The van der Waals surface area contributed by atoms with Crippen molar-refractivity contribution in [2.75, 3.05) is 0 Å². The smallest absolute Gasteiger partial charge is 0.130 e. The number of hydrazine groups is 1. The van der Waals surface area contributed by atoms with Crippen molar-refractivity contribution >= 4 is 15.9 Å². The van der Waals surface area contributed by atoms with Gasteiger partial charge in [-0.1, -0.05) is 28.1 Å². The van der Waals surface area contributed by atoms with Crippen LogP contribution in [0.15, 0.2) is 40.9 Å². The molecule has 0 radical (unpaired) electrons. The lowest BCUT2D eigenvalue weighted by atomic mass is 9.97. The SMILES string of the molecule is Cc1cc(C(Cc2cccc(Br)c2)NN)c(F)cc1F. The average Bonchev–Trinajstić information content (AvgIpc) is 2.40. The topological polar surface area (TPSA) is 38.0 Å². The van der Waals surface area contributed by atoms with Crippen LogP contribution in [-0.4, -0.2) is 0 Å². The van der Waals surface area contributed by atoms with Gasteiger partial charge in [0.2, 0.25) is 0 Å². The van der Waals surface area contributed by atoms with Gasteiger partial charge in [0, 0.05) is 16.1 Å². The predicted octanol–water partition coefficient (Wildman–Crippen LogP) is 3.78. The largest absolute Gasteiger partial charge is 0.271 e. The van der Waals surface area contributed by atoms with Crippen molar-refractivity contribution in [3.05, 3.63) is 69.2 Å². The van der Waals surface area contributed by atoms with Crippen molar-refractivity contribution < 1.29 is 8.78 Å². The fraction of sp³-hybridized carbons (Fsp3) is 0.200. The van der Waals surface area contributed by atoms with Crippen LogP contribution in [0, 0.1) is 18.6 Å². The summed E-state index contributed by atoms with van der Waals surface area (Å²) in [5.41, 5.74) is 4.37. The highest BCUT2D eigenvalue weighted by Gasteiger charge is 2.17. The van der Waals surface area contributed by atoms with Crippen LogP contribution in [0.2, 0.25) is 0 Å². The van der Waals surface area contributed by atoms with E-state index in [1.807, 2.05) is 24.3 Å². The Labute approximate surface area is 125 Å². The van der Waals surface area contributed by atoms with Crippen molar-refractivity contribution in [3.8, 4) is 0 Å². The second-order valence-electron chi connectivity index (χ2n) is 4.68. The Morgan fingerprint density at radius 2 is 1.95 bits per heavy atom. The van der Waals surface area contributed by atoms with Crippen LogP contribution in [0.4, 0.5) is 8.78 Å². The number of nitrogens with two attached hydrogens (primary N) is 1. The summed E-state index contributed by atoms with van der Waals surface area (Å²) in [5.74, 6) is 4.38. The van der Waals surface area contributed by atoms with E-state index in [0.717, 1.165) is 16.1 Å². The highest BCUT2D eigenvalue weighted by atomic mass is 79.9. The normalized spacial score (nSPS) is 12.4. The number of halogens is 3. The van der Waals surface area contributed by atoms with Crippen LogP contribution < -0.4 is 11.3 Å². The van der Waals surface area contributed by atoms with Crippen LogP contribution >= 0.6 is 15.9 Å². The van der Waals surface area contributed by atoms with E-state index in [1.54, 1.807) is 6.92 Å². The Morgan fingerprint density at radius 3 is 2.60 bits per heavy atom. The number of benzene rings is 2. The average molecular weight is 341 g/mol. The summed E-state index contributed by atoms with van der Waals surface area (Å²) < 4.78 is 28.2. The Hall–Kier alpha value is -1.30. The molecule has 106 valence electrons. The molecule has 5 heteroatoms. The van der Waals surface area contributed by atoms with Gasteiger partial charge in [0.1, 0.15) is 11.6 Å². The van der Waals surface area contributed by atoms with Gasteiger partial charge in [-0.05, 0) is 42.7 Å². The second kappa shape index (κ2) is 6.43. The molecule has 2 nitrogen and oxygen atoms in total. The van der Waals surface area contributed by atoms with Gasteiger partial charge >= 0.3 is 0 Å². The van der Waals surface area contributed by atoms with Crippen molar-refractivity contribution in [2.24, 2.45) is 5.84 Å². The van der Waals surface area contributed by atoms with E-state index >= 15 is 0 Å². The first-order valence-corrected chi connectivity index (χ1v) is 6.96. The minimum absolute atomic E-state index is 0.367. The Morgan fingerprint density at radius 1 is 1.20 bits per heavy atom. The summed E-state index contributed by atoms with van der Waals surface area (Å²) in [4.78, 5) is 0. The zero-order valence-electron chi connectivity index (χ0n) is 11.0. The number of hydrogen-bond donors (Lipinski definition) is 2. The summed E-state index contributed by atoms with van der Waals surface area (Å²) in [6.07, 6.45) is 0.512. The lowest BCUT2D eigenvalue weighted by Crippen LogP contribution is -2.30. The number of hydrogen-bond acceptors (Lipinski definition) is 2. The second-order valence-corrected chi connectivity index (χ2v) is 5.59. The van der Waals surface area contributed by atoms with Crippen molar-refractivity contribution in [1.29, 1.82) is 0 Å². The highest BCUT2D eigenvalue weighted by molar-refractivity contribution is 9.10. The van der Waals surface area contributed by atoms with E-state index in [4.69, 9.17) is 5.84 Å². The molecule has 0 amide bonds. The summed E-state index contributed by atoms with van der Waals surface area (Å²) in [6, 6.07) is 9.67. The van der Waals surface area contributed by atoms with Crippen LogP contribution in [0.25, 0.3) is 0 Å². The molecule has 0 saturated heterocycles. The van der Waals surface area contributed by atoms with E-state index in [1.165, 1.54) is 6.07 Å². The van der Waals surface area contributed by atoms with Gasteiger partial charge < -0.3 is 0 Å². The molecule has 0 aliphatic carbocycles. The van der Waals surface area contributed by atoms with Gasteiger partial charge in [-0.25, -0.2) is 8.78 Å². The van der Waals surface area contributed by atoms with E-state index in [-0.39, 0.29) is 0 Å². The molecule has 2 rings (SSSR count). The van der Waals surface area contributed by atoms with Gasteiger partial charge in [-0.2, -0.15) is 0 Å². The third-order valence-electron chi connectivity index (χ3n) is 3.18. The van der Waals surface area contributed by atoms with Gasteiger partial charge in [0.05, 0.1) is 6.04 Å². The van der Waals surface area contributed by atoms with E-state index in [0.29, 0.717) is 17.5 Å². The molecule has 0 aliphatic rings. The van der Waals surface area contributed by atoms with Gasteiger partial charge in [-0.15, -0.1) is 0 Å². The minimum Gasteiger partial charge on any atom is -0.271 e. The molecule has 0 bridgehead atoms. The van der Waals surface area contributed by atoms with Gasteiger partial charge in [0.25, 0.3) is 0 Å². The Balaban J connectivity index is 2.31. The minimum atomic E-state index is -0.592. The van der Waals surface area contributed by atoms with E-state index < -0.39 is 17.7 Å². The Bertz CT molecular complexity index is 617. The summed E-state index contributed by atoms with van der Waals surface area (Å²) in [6.45, 7) is 1.60. The lowest BCUT2D eigenvalue weighted by Gasteiger charge is -2.18. The zero-order chi connectivity index (χ0) is 14.7. The van der Waals surface area contributed by atoms with Crippen LogP contribution in [0.1, 0.15) is 22.7 Å². The maximum absolute atomic E-state index is 13.9. The van der Waals surface area contributed by atoms with E-state index in [9.17, 15) is 8.78 Å². The monoisotopic (exact) mass is 340 g/mol. The predicted molar refractivity (Wildman–Crippen MR) is 79.0 cm³/mol. The summed E-state index contributed by atoms with van der Waals surface area (Å²) in [5, 5.41) is 0. The van der Waals surface area contributed by atoms with Crippen LogP contribution in [0.5, 0.6) is 0 Å². The molecule has 1 atom stereocenters. The van der Waals surface area contributed by atoms with Gasteiger partial charge in [0.15, 0.2) is 0 Å². The van der Waals surface area contributed by atoms with Crippen molar-refractivity contribution in [3.63, 3.8) is 0 Å². The van der Waals surface area contributed by atoms with E-state index in [2.05, 4.69) is 21.4 Å². The quantitative estimate of drug-likeness (QED) is 0.656. The molecule has 0 saturated carbocycles. The first-order chi connectivity index (χ1) is 9.51. The van der Waals surface area contributed by atoms with Gasteiger partial charge in [-0.3, -0.25) is 11.3 Å². The van der Waals surface area contributed by atoms with Crippen LogP contribution in [-0.2, 0) is 6.42 Å². The fourth-order valence-corrected chi connectivity index (χ4v) is 2.55. The molecule has 2 aromatic rings. The molecule has 2 aromatic carbocycles. The molecule has 0 fully saturated rings. The Kier molecular flexibility index (Phi) is 4.86. The highest BCUT2D eigenvalue weighted by Crippen LogP contribution is 2.24.